The normalized spacial score (nSPS) is 14.2. The van der Waals surface area contributed by atoms with Crippen molar-refractivity contribution in [1.82, 2.24) is 24.9 Å². The molecular weight excluding hydrogens is 436 g/mol. The van der Waals surface area contributed by atoms with Gasteiger partial charge >= 0.3 is 5.97 Å². The Morgan fingerprint density at radius 3 is 2.70 bits per heavy atom. The molecule has 0 bridgehead atoms. The Morgan fingerprint density at radius 2 is 2.00 bits per heavy atom. The van der Waals surface area contributed by atoms with E-state index in [1.165, 1.54) is 24.1 Å². The van der Waals surface area contributed by atoms with E-state index in [1.54, 1.807) is 30.3 Å². The second kappa shape index (κ2) is 8.08. The number of halogens is 2. The lowest BCUT2D eigenvalue weighted by atomic mass is 10.2. The van der Waals surface area contributed by atoms with Gasteiger partial charge in [-0.15, -0.1) is 0 Å². The molecule has 11 heteroatoms. The summed E-state index contributed by atoms with van der Waals surface area (Å²) in [5.41, 5.74) is 0.431. The number of rotatable bonds is 7. The lowest BCUT2D eigenvalue weighted by molar-refractivity contribution is -0.151. The molecular formula is C22H17F2N5O4. The van der Waals surface area contributed by atoms with Crippen LogP contribution in [0.1, 0.15) is 18.4 Å². The Morgan fingerprint density at radius 1 is 1.18 bits per heavy atom. The molecule has 0 aliphatic heterocycles. The highest BCUT2D eigenvalue weighted by Gasteiger charge is 2.55. The van der Waals surface area contributed by atoms with Gasteiger partial charge in [-0.1, -0.05) is 23.4 Å². The summed E-state index contributed by atoms with van der Waals surface area (Å²) in [5, 5.41) is 8.41. The van der Waals surface area contributed by atoms with Gasteiger partial charge in [0.05, 0.1) is 25.5 Å². The van der Waals surface area contributed by atoms with Crippen molar-refractivity contribution in [2.45, 2.75) is 25.0 Å². The number of ether oxygens (including phenoxy) is 2. The first-order valence-electron chi connectivity index (χ1n) is 10.0. The summed E-state index contributed by atoms with van der Waals surface area (Å²) in [5.74, 6) is -2.12. The number of nitrogens with zero attached hydrogens (tertiary/aromatic N) is 5. The molecule has 9 nitrogen and oxygen atoms in total. The lowest BCUT2D eigenvalue weighted by Crippen LogP contribution is -2.31. The molecule has 1 aliphatic carbocycles. The van der Waals surface area contributed by atoms with Gasteiger partial charge in [-0.05, 0) is 12.1 Å². The third-order valence-corrected chi connectivity index (χ3v) is 5.25. The molecule has 1 saturated carbocycles. The standard InChI is InChI=1S/C22H17F2N5O4/c1-31-21(30)22(7-8-22)33-20-15(24)11-25-19(26-20)17-10-18(16-6-9-32-28-16)29(27-17)12-13-4-2-3-5-14(13)23/h2-6,9-11H,7-8,12H2,1H3. The summed E-state index contributed by atoms with van der Waals surface area (Å²) in [6.45, 7) is 0.102. The Balaban J connectivity index is 1.52. The van der Waals surface area contributed by atoms with E-state index in [4.69, 9.17) is 14.0 Å². The molecule has 3 aromatic heterocycles. The van der Waals surface area contributed by atoms with Crippen LogP contribution < -0.4 is 4.74 Å². The lowest BCUT2D eigenvalue weighted by Gasteiger charge is -2.15. The van der Waals surface area contributed by atoms with Crippen molar-refractivity contribution >= 4 is 5.97 Å². The largest absolute Gasteiger partial charge is 0.466 e. The molecule has 1 aromatic carbocycles. The number of hydrogen-bond donors (Lipinski definition) is 0. The van der Waals surface area contributed by atoms with E-state index in [9.17, 15) is 13.6 Å². The van der Waals surface area contributed by atoms with E-state index in [-0.39, 0.29) is 29.8 Å². The van der Waals surface area contributed by atoms with Crippen LogP contribution in [0.4, 0.5) is 8.78 Å². The summed E-state index contributed by atoms with van der Waals surface area (Å²) in [6.07, 6.45) is 3.13. The van der Waals surface area contributed by atoms with Crippen LogP contribution in [0.2, 0.25) is 0 Å². The van der Waals surface area contributed by atoms with E-state index in [0.717, 1.165) is 6.20 Å². The summed E-state index contributed by atoms with van der Waals surface area (Å²) >= 11 is 0. The predicted octanol–water partition coefficient (Wildman–Crippen LogP) is 3.41. The highest BCUT2D eigenvalue weighted by molar-refractivity contribution is 5.83. The number of aromatic nitrogens is 5. The molecule has 0 atom stereocenters. The minimum Gasteiger partial charge on any atom is -0.466 e. The van der Waals surface area contributed by atoms with Crippen molar-refractivity contribution < 1.29 is 27.6 Å². The highest BCUT2D eigenvalue weighted by atomic mass is 19.1. The minimum atomic E-state index is -1.24. The van der Waals surface area contributed by atoms with Gasteiger partial charge in [-0.3, -0.25) is 4.68 Å². The Labute approximate surface area is 186 Å². The van der Waals surface area contributed by atoms with Gasteiger partial charge in [0.1, 0.15) is 23.5 Å². The van der Waals surface area contributed by atoms with Crippen LogP contribution in [0.3, 0.4) is 0 Å². The van der Waals surface area contributed by atoms with Crippen LogP contribution in [0.15, 0.2) is 53.4 Å². The van der Waals surface area contributed by atoms with Crippen LogP contribution in [-0.4, -0.2) is 43.6 Å². The topological polar surface area (TPSA) is 105 Å². The Hall–Kier alpha value is -4.15. The third-order valence-electron chi connectivity index (χ3n) is 5.25. The molecule has 0 radical (unpaired) electrons. The van der Waals surface area contributed by atoms with Gasteiger partial charge in [0.2, 0.25) is 11.4 Å². The van der Waals surface area contributed by atoms with E-state index in [0.29, 0.717) is 29.8 Å². The zero-order valence-electron chi connectivity index (χ0n) is 17.4. The molecule has 168 valence electrons. The van der Waals surface area contributed by atoms with Crippen LogP contribution in [0, 0.1) is 11.6 Å². The maximum absolute atomic E-state index is 14.4. The van der Waals surface area contributed by atoms with Crippen molar-refractivity contribution in [1.29, 1.82) is 0 Å². The second-order valence-corrected chi connectivity index (χ2v) is 7.48. The predicted molar refractivity (Wildman–Crippen MR) is 109 cm³/mol. The number of carbonyl (C=O) groups excluding carboxylic acids is 1. The smallest absolute Gasteiger partial charge is 0.350 e. The maximum atomic E-state index is 14.4. The first kappa shape index (κ1) is 20.7. The molecule has 3 heterocycles. The fourth-order valence-corrected chi connectivity index (χ4v) is 3.36. The number of methoxy groups -OCH3 is 1. The summed E-state index contributed by atoms with van der Waals surface area (Å²) in [7, 11) is 1.24. The van der Waals surface area contributed by atoms with Crippen LogP contribution in [0.5, 0.6) is 5.88 Å². The molecule has 0 amide bonds. The molecule has 1 aliphatic rings. The fourth-order valence-electron chi connectivity index (χ4n) is 3.36. The van der Waals surface area contributed by atoms with Gasteiger partial charge in [-0.25, -0.2) is 14.2 Å². The zero-order valence-corrected chi connectivity index (χ0v) is 17.4. The third kappa shape index (κ3) is 3.93. The van der Waals surface area contributed by atoms with Crippen LogP contribution in [-0.2, 0) is 16.1 Å². The van der Waals surface area contributed by atoms with Gasteiger partial charge in [0.15, 0.2) is 5.82 Å². The fraction of sp³-hybridized carbons (Fsp3) is 0.227. The molecule has 0 saturated heterocycles. The monoisotopic (exact) mass is 453 g/mol. The average molecular weight is 453 g/mol. The van der Waals surface area contributed by atoms with Crippen molar-refractivity contribution in [2.24, 2.45) is 0 Å². The number of benzene rings is 1. The molecule has 33 heavy (non-hydrogen) atoms. The summed E-state index contributed by atoms with van der Waals surface area (Å²) in [6, 6.07) is 9.58. The SMILES string of the molecule is COC(=O)C1(Oc2nc(-c3cc(-c4ccon4)n(Cc4ccccc4F)n3)ncc2F)CC1. The van der Waals surface area contributed by atoms with E-state index in [2.05, 4.69) is 20.2 Å². The van der Waals surface area contributed by atoms with E-state index in [1.807, 2.05) is 0 Å². The van der Waals surface area contributed by atoms with Gasteiger partial charge in [0, 0.05) is 24.5 Å². The summed E-state index contributed by atoms with van der Waals surface area (Å²) in [4.78, 5) is 20.1. The average Bonchev–Trinajstić information content (AvgIpc) is 3.21. The molecule has 5 rings (SSSR count). The summed E-state index contributed by atoms with van der Waals surface area (Å²) < 4.78 is 45.4. The first-order chi connectivity index (χ1) is 16.0. The van der Waals surface area contributed by atoms with Gasteiger partial charge in [0.25, 0.3) is 5.88 Å². The van der Waals surface area contributed by atoms with Gasteiger partial charge < -0.3 is 14.0 Å². The number of carbonyl (C=O) groups is 1. The first-order valence-corrected chi connectivity index (χ1v) is 10.0. The van der Waals surface area contributed by atoms with Crippen molar-refractivity contribution in [3.05, 3.63) is 66.1 Å². The molecule has 0 spiro atoms. The van der Waals surface area contributed by atoms with Crippen LogP contribution in [0.25, 0.3) is 22.9 Å². The van der Waals surface area contributed by atoms with Crippen LogP contribution >= 0.6 is 0 Å². The molecule has 0 N–H and O–H groups in total. The van der Waals surface area contributed by atoms with Gasteiger partial charge in [-0.2, -0.15) is 14.5 Å². The van der Waals surface area contributed by atoms with Crippen molar-refractivity contribution in [3.63, 3.8) is 0 Å². The molecule has 0 unspecified atom stereocenters. The minimum absolute atomic E-state index is 0.0593. The highest BCUT2D eigenvalue weighted by Crippen LogP contribution is 2.41. The molecule has 4 aromatic rings. The molecule has 1 fully saturated rings. The number of esters is 1. The quantitative estimate of drug-likeness (QED) is 0.392. The zero-order chi connectivity index (χ0) is 23.0. The van der Waals surface area contributed by atoms with E-state index >= 15 is 0 Å². The van der Waals surface area contributed by atoms with Crippen molar-refractivity contribution in [3.8, 4) is 28.8 Å². The van der Waals surface area contributed by atoms with E-state index < -0.39 is 17.4 Å². The van der Waals surface area contributed by atoms with Crippen molar-refractivity contribution in [2.75, 3.05) is 7.11 Å². The Kier molecular flexibility index (Phi) is 5.08. The maximum Gasteiger partial charge on any atom is 0.350 e. The number of hydrogen-bond acceptors (Lipinski definition) is 8. The Bertz CT molecular complexity index is 1320. The second-order valence-electron chi connectivity index (χ2n) is 7.48.